The van der Waals surface area contributed by atoms with Crippen molar-refractivity contribution in [2.45, 2.75) is 26.2 Å². The van der Waals surface area contributed by atoms with Gasteiger partial charge >= 0.3 is 0 Å². The number of pyridine rings is 2. The summed E-state index contributed by atoms with van der Waals surface area (Å²) in [6.45, 7) is 2.31. The van der Waals surface area contributed by atoms with Gasteiger partial charge in [0.15, 0.2) is 0 Å². The number of hydrogen-bond donors (Lipinski definition) is 0. The first-order valence-corrected chi connectivity index (χ1v) is 10.5. The van der Waals surface area contributed by atoms with Crippen LogP contribution in [0.15, 0.2) is 67.3 Å². The largest absolute Gasteiger partial charge is 0.372 e. The molecule has 0 radical (unpaired) electrons. The molecule has 0 aliphatic carbocycles. The highest BCUT2D eigenvalue weighted by Crippen LogP contribution is 2.25. The van der Waals surface area contributed by atoms with Crippen LogP contribution < -0.4 is 0 Å². The number of carbonyl (C=O) groups excluding carboxylic acids is 1. The van der Waals surface area contributed by atoms with Gasteiger partial charge in [-0.3, -0.25) is 14.8 Å². The van der Waals surface area contributed by atoms with E-state index in [-0.39, 0.29) is 5.91 Å². The van der Waals surface area contributed by atoms with E-state index in [2.05, 4.69) is 9.97 Å². The molecule has 1 amide bonds. The lowest BCUT2D eigenvalue weighted by atomic mass is 9.97. The van der Waals surface area contributed by atoms with Crippen molar-refractivity contribution in [3.05, 3.63) is 95.2 Å². The molecule has 0 saturated carbocycles. The van der Waals surface area contributed by atoms with Gasteiger partial charge in [0.1, 0.15) is 5.69 Å². The van der Waals surface area contributed by atoms with Gasteiger partial charge in [0, 0.05) is 55.8 Å². The first-order chi connectivity index (χ1) is 15.2. The van der Waals surface area contributed by atoms with Crippen molar-refractivity contribution in [2.75, 3.05) is 6.54 Å². The second-order valence-electron chi connectivity index (χ2n) is 7.91. The van der Waals surface area contributed by atoms with Crippen LogP contribution in [0.1, 0.15) is 32.7 Å². The smallest absolute Gasteiger partial charge is 0.270 e. The fourth-order valence-electron chi connectivity index (χ4n) is 4.28. The number of hydrogen-bond acceptors (Lipinski definition) is 4. The van der Waals surface area contributed by atoms with Crippen LogP contribution in [0, 0.1) is 0 Å². The predicted molar refractivity (Wildman–Crippen MR) is 118 cm³/mol. The highest BCUT2D eigenvalue weighted by molar-refractivity contribution is 5.98. The van der Waals surface area contributed by atoms with Gasteiger partial charge in [-0.2, -0.15) is 0 Å². The normalized spacial score (nSPS) is 13.4. The second-order valence-corrected chi connectivity index (χ2v) is 7.91. The Labute approximate surface area is 181 Å². The van der Waals surface area contributed by atoms with E-state index >= 15 is 0 Å². The van der Waals surface area contributed by atoms with E-state index in [0.717, 1.165) is 39.7 Å². The summed E-state index contributed by atoms with van der Waals surface area (Å²) >= 11 is 0. The Kier molecular flexibility index (Phi) is 5.22. The lowest BCUT2D eigenvalue weighted by Gasteiger charge is -2.30. The summed E-state index contributed by atoms with van der Waals surface area (Å²) in [6.07, 6.45) is 8.11. The SMILES string of the molecule is Cn1c(C(=O)N2CCc3c(COCc4ccncc4)cncc3C2)cc2ccccc21. The van der Waals surface area contributed by atoms with Crippen LogP contribution in [0.5, 0.6) is 0 Å². The minimum Gasteiger partial charge on any atom is -0.372 e. The standard InChI is InChI=1S/C25H24N4O2/c1-28-23-5-3-2-4-19(23)12-24(28)25(30)29-11-8-22-20(15-29)13-27-14-21(22)17-31-16-18-6-9-26-10-7-18/h2-7,9-10,12-14H,8,11,15-17H2,1H3. The van der Waals surface area contributed by atoms with Crippen molar-refractivity contribution in [3.63, 3.8) is 0 Å². The monoisotopic (exact) mass is 412 g/mol. The molecule has 1 aromatic carbocycles. The van der Waals surface area contributed by atoms with Crippen molar-refractivity contribution >= 4 is 16.8 Å². The first-order valence-electron chi connectivity index (χ1n) is 10.5. The zero-order valence-corrected chi connectivity index (χ0v) is 17.5. The number of aryl methyl sites for hydroxylation is 1. The van der Waals surface area contributed by atoms with E-state index in [4.69, 9.17) is 4.74 Å². The Bertz CT molecular complexity index is 1230. The van der Waals surface area contributed by atoms with Crippen LogP contribution >= 0.6 is 0 Å². The molecule has 0 unspecified atom stereocenters. The summed E-state index contributed by atoms with van der Waals surface area (Å²) in [5.41, 5.74) is 6.34. The second kappa shape index (κ2) is 8.32. The molecule has 31 heavy (non-hydrogen) atoms. The zero-order valence-electron chi connectivity index (χ0n) is 17.5. The molecule has 1 aliphatic rings. The molecule has 0 bridgehead atoms. The summed E-state index contributed by atoms with van der Waals surface area (Å²) in [5, 5.41) is 1.08. The minimum absolute atomic E-state index is 0.0590. The van der Waals surface area contributed by atoms with Gasteiger partial charge in [-0.15, -0.1) is 0 Å². The average Bonchev–Trinajstić information content (AvgIpc) is 3.15. The van der Waals surface area contributed by atoms with Gasteiger partial charge in [0.05, 0.1) is 13.2 Å². The molecule has 6 nitrogen and oxygen atoms in total. The Morgan fingerprint density at radius 3 is 2.74 bits per heavy atom. The van der Waals surface area contributed by atoms with E-state index in [1.54, 1.807) is 12.4 Å². The summed E-state index contributed by atoms with van der Waals surface area (Å²) in [5.74, 6) is 0.0590. The predicted octanol–water partition coefficient (Wildman–Crippen LogP) is 3.88. The van der Waals surface area contributed by atoms with Gasteiger partial charge < -0.3 is 14.2 Å². The molecule has 0 saturated heterocycles. The molecule has 4 heterocycles. The molecule has 156 valence electrons. The molecule has 0 fully saturated rings. The first kappa shape index (κ1) is 19.5. The molecule has 1 aliphatic heterocycles. The van der Waals surface area contributed by atoms with Crippen molar-refractivity contribution in [1.29, 1.82) is 0 Å². The zero-order chi connectivity index (χ0) is 21.2. The molecule has 0 N–H and O–H groups in total. The third-order valence-corrected chi connectivity index (χ3v) is 5.96. The van der Waals surface area contributed by atoms with Gasteiger partial charge in [0.25, 0.3) is 5.91 Å². The van der Waals surface area contributed by atoms with Crippen LogP contribution in [0.2, 0.25) is 0 Å². The highest BCUT2D eigenvalue weighted by atomic mass is 16.5. The van der Waals surface area contributed by atoms with Crippen LogP contribution in [0.3, 0.4) is 0 Å². The molecular formula is C25H24N4O2. The van der Waals surface area contributed by atoms with Gasteiger partial charge in [0.2, 0.25) is 0 Å². The minimum atomic E-state index is 0.0590. The van der Waals surface area contributed by atoms with Crippen molar-refractivity contribution in [3.8, 4) is 0 Å². The highest BCUT2D eigenvalue weighted by Gasteiger charge is 2.25. The number of benzene rings is 1. The topological polar surface area (TPSA) is 60.2 Å². The summed E-state index contributed by atoms with van der Waals surface area (Å²) in [6, 6.07) is 14.0. The Morgan fingerprint density at radius 1 is 1.06 bits per heavy atom. The van der Waals surface area contributed by atoms with Crippen LogP contribution in [-0.2, 0) is 38.0 Å². The number of nitrogens with zero attached hydrogens (tertiary/aromatic N) is 4. The third kappa shape index (κ3) is 3.82. The molecule has 5 rings (SSSR count). The Balaban J connectivity index is 1.31. The number of aromatic nitrogens is 3. The van der Waals surface area contributed by atoms with Crippen molar-refractivity contribution < 1.29 is 9.53 Å². The lowest BCUT2D eigenvalue weighted by molar-refractivity contribution is 0.0722. The summed E-state index contributed by atoms with van der Waals surface area (Å²) in [7, 11) is 1.95. The lowest BCUT2D eigenvalue weighted by Crippen LogP contribution is -2.37. The van der Waals surface area contributed by atoms with Crippen LogP contribution in [0.25, 0.3) is 10.9 Å². The van der Waals surface area contributed by atoms with E-state index in [1.165, 1.54) is 5.56 Å². The molecule has 4 aromatic rings. The third-order valence-electron chi connectivity index (χ3n) is 5.96. The maximum Gasteiger partial charge on any atom is 0.270 e. The molecule has 0 spiro atoms. The number of rotatable bonds is 5. The quantitative estimate of drug-likeness (QED) is 0.499. The fourth-order valence-corrected chi connectivity index (χ4v) is 4.28. The Hall–Kier alpha value is -3.51. The number of ether oxygens (including phenoxy) is 1. The van der Waals surface area contributed by atoms with E-state index in [9.17, 15) is 4.79 Å². The summed E-state index contributed by atoms with van der Waals surface area (Å²) < 4.78 is 7.89. The maximum atomic E-state index is 13.3. The van der Waals surface area contributed by atoms with E-state index in [1.807, 2.05) is 71.4 Å². The number of fused-ring (bicyclic) bond motifs is 2. The Morgan fingerprint density at radius 2 is 1.90 bits per heavy atom. The van der Waals surface area contributed by atoms with E-state index in [0.29, 0.717) is 26.3 Å². The summed E-state index contributed by atoms with van der Waals surface area (Å²) in [4.78, 5) is 23.6. The van der Waals surface area contributed by atoms with Gasteiger partial charge in [-0.25, -0.2) is 0 Å². The van der Waals surface area contributed by atoms with Crippen LogP contribution in [0.4, 0.5) is 0 Å². The number of amides is 1. The maximum absolute atomic E-state index is 13.3. The molecule has 3 aromatic heterocycles. The average molecular weight is 412 g/mol. The van der Waals surface area contributed by atoms with Crippen molar-refractivity contribution in [1.82, 2.24) is 19.4 Å². The molecule has 6 heteroatoms. The van der Waals surface area contributed by atoms with Crippen molar-refractivity contribution in [2.24, 2.45) is 7.05 Å². The van der Waals surface area contributed by atoms with E-state index < -0.39 is 0 Å². The number of carbonyl (C=O) groups is 1. The molecule has 0 atom stereocenters. The van der Waals surface area contributed by atoms with Crippen LogP contribution in [-0.4, -0.2) is 31.9 Å². The van der Waals surface area contributed by atoms with Gasteiger partial charge in [-0.1, -0.05) is 18.2 Å². The number of para-hydroxylation sites is 1. The molecular weight excluding hydrogens is 388 g/mol. The fraction of sp³-hybridized carbons (Fsp3) is 0.240. The van der Waals surface area contributed by atoms with Gasteiger partial charge in [-0.05, 0) is 52.9 Å².